The van der Waals surface area contributed by atoms with Gasteiger partial charge in [0.05, 0.1) is 13.2 Å². The number of fused-ring (bicyclic) bond motifs is 1. The molecule has 0 spiro atoms. The maximum absolute atomic E-state index is 6.06. The average Bonchev–Trinajstić information content (AvgIpc) is 2.73. The van der Waals surface area contributed by atoms with Gasteiger partial charge < -0.3 is 14.8 Å². The molecule has 3 rings (SSSR count). The van der Waals surface area contributed by atoms with E-state index in [1.807, 2.05) is 0 Å². The minimum absolute atomic E-state index is 0.423. The minimum atomic E-state index is 0.423. The van der Waals surface area contributed by atoms with Gasteiger partial charge in [-0.15, -0.1) is 0 Å². The Morgan fingerprint density at radius 2 is 2.05 bits per heavy atom. The van der Waals surface area contributed by atoms with E-state index in [2.05, 4.69) is 41.2 Å². The smallest absolute Gasteiger partial charge is 0.164 e. The number of benzene rings is 1. The maximum atomic E-state index is 6.06. The Labute approximate surface area is 141 Å². The summed E-state index contributed by atoms with van der Waals surface area (Å²) in [5.41, 5.74) is 2.71. The second-order valence-corrected chi connectivity index (χ2v) is 7.49. The van der Waals surface area contributed by atoms with E-state index in [4.69, 9.17) is 9.47 Å². The summed E-state index contributed by atoms with van der Waals surface area (Å²) in [6.07, 6.45) is 5.90. The zero-order valence-electron chi connectivity index (χ0n) is 13.6. The summed E-state index contributed by atoms with van der Waals surface area (Å²) in [6.45, 7) is 7.11. The molecule has 1 unspecified atom stereocenters. The minimum Gasteiger partial charge on any atom is -0.490 e. The van der Waals surface area contributed by atoms with Crippen LogP contribution in [0.15, 0.2) is 10.5 Å². The van der Waals surface area contributed by atoms with Crippen molar-refractivity contribution in [2.45, 2.75) is 57.9 Å². The van der Waals surface area contributed by atoms with E-state index in [9.17, 15) is 0 Å². The van der Waals surface area contributed by atoms with Crippen LogP contribution in [0.1, 0.15) is 56.6 Å². The number of piperidine rings is 1. The molecule has 0 aromatic heterocycles. The molecule has 0 aliphatic carbocycles. The molecule has 3 nitrogen and oxygen atoms in total. The number of halogens is 1. The van der Waals surface area contributed by atoms with Gasteiger partial charge in [0.2, 0.25) is 0 Å². The lowest BCUT2D eigenvalue weighted by Crippen LogP contribution is -2.36. The lowest BCUT2D eigenvalue weighted by atomic mass is 9.89. The normalized spacial score (nSPS) is 21.7. The van der Waals surface area contributed by atoms with Crippen molar-refractivity contribution >= 4 is 15.9 Å². The molecule has 2 aliphatic heterocycles. The topological polar surface area (TPSA) is 30.5 Å². The highest BCUT2D eigenvalue weighted by Gasteiger charge is 2.25. The third kappa shape index (κ3) is 3.43. The van der Waals surface area contributed by atoms with Crippen molar-refractivity contribution in [3.8, 4) is 11.5 Å². The first-order valence-electron chi connectivity index (χ1n) is 8.51. The predicted molar refractivity (Wildman–Crippen MR) is 93.2 cm³/mol. The molecule has 22 heavy (non-hydrogen) atoms. The van der Waals surface area contributed by atoms with E-state index in [1.54, 1.807) is 0 Å². The number of nitrogens with one attached hydrogen (secondary N) is 1. The van der Waals surface area contributed by atoms with Crippen molar-refractivity contribution in [2.24, 2.45) is 0 Å². The highest BCUT2D eigenvalue weighted by atomic mass is 79.9. The standard InChI is InChI=1S/C18H26BrNO2/c1-12(2)17-14(10-13-6-3-4-7-20-13)15(19)11-16-18(17)22-9-5-8-21-16/h11-13,20H,3-10H2,1-2H3. The van der Waals surface area contributed by atoms with E-state index in [1.165, 1.54) is 30.4 Å². The van der Waals surface area contributed by atoms with E-state index in [0.29, 0.717) is 12.0 Å². The Morgan fingerprint density at radius 1 is 1.23 bits per heavy atom. The lowest BCUT2D eigenvalue weighted by Gasteiger charge is -2.27. The Balaban J connectivity index is 1.98. The van der Waals surface area contributed by atoms with Crippen LogP contribution in [0.3, 0.4) is 0 Å². The van der Waals surface area contributed by atoms with Crippen molar-refractivity contribution in [3.05, 3.63) is 21.7 Å². The molecule has 1 N–H and O–H groups in total. The zero-order valence-corrected chi connectivity index (χ0v) is 15.2. The lowest BCUT2D eigenvalue weighted by molar-refractivity contribution is 0.295. The fourth-order valence-electron chi connectivity index (χ4n) is 3.50. The van der Waals surface area contributed by atoms with Gasteiger partial charge in [-0.2, -0.15) is 0 Å². The molecular formula is C18H26BrNO2. The second kappa shape index (κ2) is 7.22. The van der Waals surface area contributed by atoms with Gasteiger partial charge in [0.1, 0.15) is 0 Å². The molecule has 0 saturated carbocycles. The number of hydrogen-bond acceptors (Lipinski definition) is 3. The van der Waals surface area contributed by atoms with E-state index in [0.717, 1.165) is 48.6 Å². The summed E-state index contributed by atoms with van der Waals surface area (Å²) in [7, 11) is 0. The Morgan fingerprint density at radius 3 is 2.77 bits per heavy atom. The van der Waals surface area contributed by atoms with Crippen LogP contribution >= 0.6 is 15.9 Å². The van der Waals surface area contributed by atoms with Crippen LogP contribution in [0.5, 0.6) is 11.5 Å². The summed E-state index contributed by atoms with van der Waals surface area (Å²) < 4.78 is 13.1. The SMILES string of the molecule is CC(C)c1c(CC2CCCCN2)c(Br)cc2c1OCCCO2. The van der Waals surface area contributed by atoms with Gasteiger partial charge in [0.15, 0.2) is 11.5 Å². The van der Waals surface area contributed by atoms with E-state index >= 15 is 0 Å². The fraction of sp³-hybridized carbons (Fsp3) is 0.667. The third-order valence-corrected chi connectivity index (χ3v) is 5.28. The highest BCUT2D eigenvalue weighted by molar-refractivity contribution is 9.10. The van der Waals surface area contributed by atoms with Crippen LogP contribution in [0, 0.1) is 0 Å². The van der Waals surface area contributed by atoms with Crippen molar-refractivity contribution < 1.29 is 9.47 Å². The second-order valence-electron chi connectivity index (χ2n) is 6.63. The summed E-state index contributed by atoms with van der Waals surface area (Å²) in [6, 6.07) is 2.68. The molecule has 4 heteroatoms. The van der Waals surface area contributed by atoms with Gasteiger partial charge >= 0.3 is 0 Å². The van der Waals surface area contributed by atoms with Crippen LogP contribution < -0.4 is 14.8 Å². The van der Waals surface area contributed by atoms with Gasteiger partial charge in [-0.25, -0.2) is 0 Å². The van der Waals surface area contributed by atoms with E-state index in [-0.39, 0.29) is 0 Å². The molecule has 2 heterocycles. The first kappa shape index (κ1) is 16.1. The number of hydrogen-bond donors (Lipinski definition) is 1. The molecule has 1 saturated heterocycles. The molecule has 0 bridgehead atoms. The quantitative estimate of drug-likeness (QED) is 0.857. The summed E-state index contributed by atoms with van der Waals surface area (Å²) in [5, 5.41) is 3.66. The van der Waals surface area contributed by atoms with Crippen molar-refractivity contribution in [2.75, 3.05) is 19.8 Å². The van der Waals surface area contributed by atoms with Crippen LogP contribution in [-0.2, 0) is 6.42 Å². The maximum Gasteiger partial charge on any atom is 0.164 e. The molecular weight excluding hydrogens is 342 g/mol. The Hall–Kier alpha value is -0.740. The largest absolute Gasteiger partial charge is 0.490 e. The summed E-state index contributed by atoms with van der Waals surface area (Å²) in [4.78, 5) is 0. The van der Waals surface area contributed by atoms with Gasteiger partial charge in [-0.05, 0) is 43.4 Å². The fourth-order valence-corrected chi connectivity index (χ4v) is 4.08. The Bertz CT molecular complexity index is 524. The van der Waals surface area contributed by atoms with Crippen LogP contribution in [0.4, 0.5) is 0 Å². The van der Waals surface area contributed by atoms with Crippen molar-refractivity contribution in [3.63, 3.8) is 0 Å². The molecule has 0 amide bonds. The molecule has 0 radical (unpaired) electrons. The zero-order chi connectivity index (χ0) is 15.5. The van der Waals surface area contributed by atoms with E-state index < -0.39 is 0 Å². The molecule has 2 aliphatic rings. The number of ether oxygens (including phenoxy) is 2. The predicted octanol–water partition coefficient (Wildman–Crippen LogP) is 4.42. The van der Waals surface area contributed by atoms with Crippen LogP contribution in [0.2, 0.25) is 0 Å². The van der Waals surface area contributed by atoms with Crippen LogP contribution in [-0.4, -0.2) is 25.8 Å². The molecule has 1 aromatic rings. The van der Waals surface area contributed by atoms with Gasteiger partial charge in [-0.1, -0.05) is 36.2 Å². The average molecular weight is 368 g/mol. The van der Waals surface area contributed by atoms with Gasteiger partial charge in [0, 0.05) is 22.5 Å². The first-order valence-corrected chi connectivity index (χ1v) is 9.30. The monoisotopic (exact) mass is 367 g/mol. The summed E-state index contributed by atoms with van der Waals surface area (Å²) >= 11 is 3.78. The van der Waals surface area contributed by atoms with Crippen LogP contribution in [0.25, 0.3) is 0 Å². The summed E-state index contributed by atoms with van der Waals surface area (Å²) in [5.74, 6) is 2.29. The third-order valence-electron chi connectivity index (χ3n) is 4.57. The van der Waals surface area contributed by atoms with Crippen molar-refractivity contribution in [1.29, 1.82) is 0 Å². The molecule has 1 atom stereocenters. The van der Waals surface area contributed by atoms with Gasteiger partial charge in [-0.3, -0.25) is 0 Å². The molecule has 1 fully saturated rings. The first-order chi connectivity index (χ1) is 10.7. The van der Waals surface area contributed by atoms with Crippen molar-refractivity contribution in [1.82, 2.24) is 5.32 Å². The number of rotatable bonds is 3. The van der Waals surface area contributed by atoms with Gasteiger partial charge in [0.25, 0.3) is 0 Å². The molecule has 122 valence electrons. The Kier molecular flexibility index (Phi) is 5.29. The highest BCUT2D eigenvalue weighted by Crippen LogP contribution is 2.44. The molecule has 1 aromatic carbocycles.